The van der Waals surface area contributed by atoms with Crippen molar-refractivity contribution in [3.05, 3.63) is 167 Å². The molecule has 0 spiro atoms. The standard InChI is InChI=1S/C37H39FO3S.C9H12O.3C2H6.CH4O/c1-26-13-14-31(21-32(26)22-34-19-20-36(42-34)30-15-17-33(38)18-16-30)35(23-39)37(41-25-29-11-7-4-8-12-29)27(2)40-24-28-9-5-3-6-10-28;1-8(10)7-9-5-3-2-4-6-9;4*1-2/h3-20,23,26-27,31-32,35,37H,21-22,24-25H2,1-2H3;2-6,8,10H,7H2,1H3;3*1-2H3;2H,1H3/t26?,27?,31?,32?,35?,37-;8-;;;;/m01..../s1. The monoisotopic (exact) mass is 841 g/mol. The quantitative estimate of drug-likeness (QED) is 0.0811. The van der Waals surface area contributed by atoms with Crippen LogP contribution in [0.3, 0.4) is 0 Å². The van der Waals surface area contributed by atoms with Crippen molar-refractivity contribution >= 4 is 17.6 Å². The molecule has 7 atom stereocenters. The van der Waals surface area contributed by atoms with Crippen LogP contribution in [0.4, 0.5) is 4.39 Å². The predicted octanol–water partition coefficient (Wildman–Crippen LogP) is 13.2. The van der Waals surface area contributed by atoms with Crippen LogP contribution >= 0.6 is 11.3 Å². The first-order chi connectivity index (χ1) is 29.3. The Bertz CT molecular complexity index is 1780. The summed E-state index contributed by atoms with van der Waals surface area (Å²) in [6.07, 6.45) is 7.28. The Hall–Kier alpha value is -4.24. The van der Waals surface area contributed by atoms with Gasteiger partial charge in [-0.05, 0) is 97.4 Å². The molecule has 0 bridgehead atoms. The average molecular weight is 841 g/mol. The molecular weight excluding hydrogens is 768 g/mol. The summed E-state index contributed by atoms with van der Waals surface area (Å²) in [6, 6.07) is 41.2. The van der Waals surface area contributed by atoms with Crippen molar-refractivity contribution in [1.82, 2.24) is 0 Å². The molecule has 328 valence electrons. The maximum atomic E-state index is 13.4. The highest BCUT2D eigenvalue weighted by molar-refractivity contribution is 7.15. The minimum Gasteiger partial charge on any atom is -0.400 e. The van der Waals surface area contributed by atoms with E-state index in [-0.39, 0.29) is 36.0 Å². The first kappa shape index (κ1) is 53.8. The van der Waals surface area contributed by atoms with Gasteiger partial charge in [-0.15, -0.1) is 11.3 Å². The van der Waals surface area contributed by atoms with Crippen molar-refractivity contribution in [3.8, 4) is 10.4 Å². The van der Waals surface area contributed by atoms with E-state index in [1.807, 2.05) is 152 Å². The lowest BCUT2D eigenvalue weighted by Gasteiger charge is -2.37. The fourth-order valence-electron chi connectivity index (χ4n) is 6.79. The van der Waals surface area contributed by atoms with Crippen molar-refractivity contribution in [3.63, 3.8) is 0 Å². The molecule has 4 aromatic carbocycles. The van der Waals surface area contributed by atoms with Crippen LogP contribution in [0.15, 0.2) is 140 Å². The van der Waals surface area contributed by atoms with Crippen molar-refractivity contribution in [2.45, 2.75) is 113 Å². The van der Waals surface area contributed by atoms with E-state index in [9.17, 15) is 9.18 Å². The Morgan fingerprint density at radius 1 is 0.700 bits per heavy atom. The Morgan fingerprint density at radius 2 is 1.20 bits per heavy atom. The Morgan fingerprint density at radius 3 is 1.70 bits per heavy atom. The zero-order valence-electron chi connectivity index (χ0n) is 37.8. The number of allylic oxidation sites excluding steroid dienone is 2. The summed E-state index contributed by atoms with van der Waals surface area (Å²) < 4.78 is 26.2. The smallest absolute Gasteiger partial charge is 0.126 e. The number of hydrogen-bond acceptors (Lipinski definition) is 6. The molecule has 7 heteroatoms. The Kier molecular flexibility index (Phi) is 29.1. The summed E-state index contributed by atoms with van der Waals surface area (Å²) in [6.45, 7) is 19.0. The summed E-state index contributed by atoms with van der Waals surface area (Å²) in [7, 11) is 1.00. The molecule has 1 aliphatic carbocycles. The summed E-state index contributed by atoms with van der Waals surface area (Å²) in [5.74, 6) is 0.311. The van der Waals surface area contributed by atoms with Gasteiger partial charge >= 0.3 is 0 Å². The molecule has 0 amide bonds. The number of thiophene rings is 1. The van der Waals surface area contributed by atoms with Crippen LogP contribution < -0.4 is 0 Å². The van der Waals surface area contributed by atoms with Crippen molar-refractivity contribution in [2.24, 2.45) is 23.7 Å². The number of aliphatic hydroxyl groups is 2. The Balaban J connectivity index is 0.000000847. The fraction of sp³-hybridized carbons (Fsp3) is 0.415. The molecule has 0 radical (unpaired) electrons. The third kappa shape index (κ3) is 19.4. The van der Waals surface area contributed by atoms with Gasteiger partial charge in [-0.25, -0.2) is 4.39 Å². The lowest BCUT2D eigenvalue weighted by atomic mass is 9.72. The first-order valence-corrected chi connectivity index (χ1v) is 22.6. The van der Waals surface area contributed by atoms with E-state index in [1.165, 1.54) is 22.6 Å². The third-order valence-electron chi connectivity index (χ3n) is 9.74. The first-order valence-electron chi connectivity index (χ1n) is 21.7. The number of carbonyl (C=O) groups excluding carboxylic acids is 1. The van der Waals surface area contributed by atoms with Crippen molar-refractivity contribution < 1.29 is 28.9 Å². The largest absolute Gasteiger partial charge is 0.400 e. The number of aldehydes is 1. The van der Waals surface area contributed by atoms with E-state index in [2.05, 4.69) is 31.2 Å². The predicted molar refractivity (Wildman–Crippen MR) is 253 cm³/mol. The minimum atomic E-state index is -0.387. The number of carbonyl (C=O) groups is 1. The Labute approximate surface area is 366 Å². The van der Waals surface area contributed by atoms with Crippen molar-refractivity contribution in [2.75, 3.05) is 7.11 Å². The number of halogens is 1. The van der Waals surface area contributed by atoms with E-state index in [1.54, 1.807) is 18.3 Å². The summed E-state index contributed by atoms with van der Waals surface area (Å²) >= 11 is 1.76. The number of ether oxygens (including phenoxy) is 2. The molecule has 2 N–H and O–H groups in total. The van der Waals surface area contributed by atoms with Crippen LogP contribution in [0.2, 0.25) is 0 Å². The number of hydrogen-bond donors (Lipinski definition) is 2. The normalized spacial score (nSPS) is 17.0. The highest BCUT2D eigenvalue weighted by Crippen LogP contribution is 2.39. The molecule has 1 aromatic heterocycles. The molecule has 60 heavy (non-hydrogen) atoms. The van der Waals surface area contributed by atoms with Crippen LogP contribution in [-0.4, -0.2) is 41.9 Å². The van der Waals surface area contributed by atoms with Gasteiger partial charge in [0.2, 0.25) is 0 Å². The van der Waals surface area contributed by atoms with Gasteiger partial charge < -0.3 is 24.5 Å². The third-order valence-corrected chi connectivity index (χ3v) is 10.9. The van der Waals surface area contributed by atoms with Crippen LogP contribution in [0.5, 0.6) is 0 Å². The lowest BCUT2D eigenvalue weighted by molar-refractivity contribution is -0.134. The van der Waals surface area contributed by atoms with Gasteiger partial charge in [-0.2, -0.15) is 0 Å². The van der Waals surface area contributed by atoms with Gasteiger partial charge in [0.25, 0.3) is 0 Å². The highest BCUT2D eigenvalue weighted by atomic mass is 32.1. The van der Waals surface area contributed by atoms with Gasteiger partial charge in [0.05, 0.1) is 31.5 Å². The average Bonchev–Trinajstić information content (AvgIpc) is 3.77. The zero-order chi connectivity index (χ0) is 44.7. The van der Waals surface area contributed by atoms with E-state index in [4.69, 9.17) is 19.7 Å². The number of aliphatic hydroxyl groups excluding tert-OH is 2. The number of benzene rings is 4. The summed E-state index contributed by atoms with van der Waals surface area (Å²) in [5, 5.41) is 16.0. The molecule has 1 aliphatic rings. The SMILES string of the molecule is CC.CC.CC.CC1C=CC(C(C=O)[C@@H](OCc2ccccc2)C(C)OCc2ccccc2)CC1Cc1ccc(-c2ccc(F)cc2)s1.CO.C[C@@H](O)Cc1ccccc1. The van der Waals surface area contributed by atoms with Crippen LogP contribution in [-0.2, 0) is 40.3 Å². The second kappa shape index (κ2) is 32.5. The van der Waals surface area contributed by atoms with Crippen LogP contribution in [0.25, 0.3) is 10.4 Å². The maximum absolute atomic E-state index is 13.4. The molecule has 5 nitrogen and oxygen atoms in total. The topological polar surface area (TPSA) is 76.0 Å². The van der Waals surface area contributed by atoms with Crippen molar-refractivity contribution in [1.29, 1.82) is 0 Å². The summed E-state index contributed by atoms with van der Waals surface area (Å²) in [4.78, 5) is 15.2. The van der Waals surface area contributed by atoms with E-state index < -0.39 is 0 Å². The van der Waals surface area contributed by atoms with Gasteiger partial charge in [0.1, 0.15) is 12.1 Å². The second-order valence-electron chi connectivity index (χ2n) is 13.9. The zero-order valence-corrected chi connectivity index (χ0v) is 38.7. The molecule has 5 unspecified atom stereocenters. The molecular formula is C53H73FO5S. The van der Waals surface area contributed by atoms with Gasteiger partial charge in [-0.1, -0.05) is 164 Å². The van der Waals surface area contributed by atoms with E-state index >= 15 is 0 Å². The molecule has 0 saturated carbocycles. The van der Waals surface area contributed by atoms with Gasteiger partial charge in [0.15, 0.2) is 0 Å². The van der Waals surface area contributed by atoms with Gasteiger partial charge in [0, 0.05) is 22.8 Å². The molecule has 0 aliphatic heterocycles. The lowest BCUT2D eigenvalue weighted by Crippen LogP contribution is -2.41. The van der Waals surface area contributed by atoms with E-state index in [0.29, 0.717) is 25.0 Å². The number of rotatable bonds is 15. The minimum absolute atomic E-state index is 0.0591. The van der Waals surface area contributed by atoms with Gasteiger partial charge in [-0.3, -0.25) is 0 Å². The summed E-state index contributed by atoms with van der Waals surface area (Å²) in [5.41, 5.74) is 4.39. The van der Waals surface area contributed by atoms with Crippen LogP contribution in [0, 0.1) is 29.5 Å². The van der Waals surface area contributed by atoms with E-state index in [0.717, 1.165) is 54.2 Å². The molecule has 0 saturated heterocycles. The highest BCUT2D eigenvalue weighted by Gasteiger charge is 2.37. The molecule has 0 fully saturated rings. The fourth-order valence-corrected chi connectivity index (χ4v) is 7.89. The molecule has 5 aromatic rings. The maximum Gasteiger partial charge on any atom is 0.126 e. The van der Waals surface area contributed by atoms with Crippen LogP contribution in [0.1, 0.15) is 90.3 Å². The molecule has 6 rings (SSSR count). The second-order valence-corrected chi connectivity index (χ2v) is 15.1. The molecule has 1 heterocycles.